The number of hydrogen-bond acceptors (Lipinski definition) is 6. The van der Waals surface area contributed by atoms with E-state index in [0.29, 0.717) is 4.47 Å². The Bertz CT molecular complexity index is 1140. The third kappa shape index (κ3) is 4.76. The number of esters is 1. The maximum Gasteiger partial charge on any atom is 0.453 e. The molecule has 30 heavy (non-hydrogen) atoms. The molecule has 2 aromatic carbocycles. The average Bonchev–Trinajstić information content (AvgIpc) is 2.69. The third-order valence-electron chi connectivity index (χ3n) is 3.79. The molecule has 0 saturated heterocycles. The number of carbonyl (C=O) groups excluding carboxylic acids is 1. The fourth-order valence-corrected chi connectivity index (χ4v) is 2.87. The summed E-state index contributed by atoms with van der Waals surface area (Å²) in [5.74, 6) is -3.16. The van der Waals surface area contributed by atoms with Crippen molar-refractivity contribution < 1.29 is 36.6 Å². The quantitative estimate of drug-likeness (QED) is 0.439. The van der Waals surface area contributed by atoms with Crippen molar-refractivity contribution in [1.82, 2.24) is 0 Å². The molecule has 6 nitrogen and oxygen atoms in total. The van der Waals surface area contributed by atoms with Crippen LogP contribution in [0.4, 0.5) is 13.2 Å². The molecule has 0 aliphatic rings. The van der Waals surface area contributed by atoms with E-state index >= 15 is 0 Å². The summed E-state index contributed by atoms with van der Waals surface area (Å²) in [6, 6.07) is 9.79. The van der Waals surface area contributed by atoms with E-state index in [9.17, 15) is 22.8 Å². The first-order valence-electron chi connectivity index (χ1n) is 8.59. The molecule has 0 bridgehead atoms. The molecule has 0 spiro atoms. The van der Waals surface area contributed by atoms with Gasteiger partial charge in [0.1, 0.15) is 17.1 Å². The van der Waals surface area contributed by atoms with Crippen LogP contribution in [0.1, 0.15) is 12.7 Å². The zero-order chi connectivity index (χ0) is 21.9. The Morgan fingerprint density at radius 3 is 2.57 bits per heavy atom. The molecular formula is C20H14BrF3O6. The molecule has 10 heteroatoms. The van der Waals surface area contributed by atoms with E-state index < -0.39 is 35.7 Å². The average molecular weight is 487 g/mol. The molecule has 0 fully saturated rings. The van der Waals surface area contributed by atoms with Crippen molar-refractivity contribution in [1.29, 1.82) is 0 Å². The van der Waals surface area contributed by atoms with E-state index in [0.717, 1.165) is 6.07 Å². The highest BCUT2D eigenvalue weighted by Gasteiger charge is 2.40. The molecule has 0 aliphatic carbocycles. The summed E-state index contributed by atoms with van der Waals surface area (Å²) in [4.78, 5) is 24.1. The highest BCUT2D eigenvalue weighted by molar-refractivity contribution is 9.10. The molecule has 0 saturated carbocycles. The van der Waals surface area contributed by atoms with Crippen LogP contribution in [0.3, 0.4) is 0 Å². The molecular weight excluding hydrogens is 473 g/mol. The van der Waals surface area contributed by atoms with Crippen LogP contribution in [0.5, 0.6) is 17.2 Å². The Hall–Kier alpha value is -3.01. The van der Waals surface area contributed by atoms with Gasteiger partial charge in [-0.3, -0.25) is 4.79 Å². The van der Waals surface area contributed by atoms with Gasteiger partial charge in [0, 0.05) is 6.07 Å². The van der Waals surface area contributed by atoms with Crippen LogP contribution in [-0.4, -0.2) is 19.2 Å². The molecule has 1 heterocycles. The number of fused-ring (bicyclic) bond motifs is 1. The molecule has 3 rings (SSSR count). The zero-order valence-corrected chi connectivity index (χ0v) is 17.0. The lowest BCUT2D eigenvalue weighted by molar-refractivity contribution is -0.154. The van der Waals surface area contributed by atoms with Crippen molar-refractivity contribution in [3.05, 3.63) is 62.9 Å². The van der Waals surface area contributed by atoms with Crippen molar-refractivity contribution in [2.75, 3.05) is 13.2 Å². The second-order valence-corrected chi connectivity index (χ2v) is 6.73. The van der Waals surface area contributed by atoms with E-state index in [1.54, 1.807) is 25.1 Å². The number of ether oxygens (including phenoxy) is 3. The summed E-state index contributed by atoms with van der Waals surface area (Å²) in [5.41, 5.74) is -1.37. The van der Waals surface area contributed by atoms with Gasteiger partial charge in [-0.25, -0.2) is 4.79 Å². The number of hydrogen-bond donors (Lipinski definition) is 0. The Morgan fingerprint density at radius 1 is 1.17 bits per heavy atom. The lowest BCUT2D eigenvalue weighted by atomic mass is 10.2. The molecule has 0 amide bonds. The van der Waals surface area contributed by atoms with E-state index in [4.69, 9.17) is 18.6 Å². The smallest absolute Gasteiger partial charge is 0.453 e. The van der Waals surface area contributed by atoms with Crippen molar-refractivity contribution in [2.45, 2.75) is 13.1 Å². The van der Waals surface area contributed by atoms with Crippen LogP contribution >= 0.6 is 15.9 Å². The number of alkyl halides is 3. The number of rotatable bonds is 6. The van der Waals surface area contributed by atoms with E-state index in [-0.39, 0.29) is 29.1 Å². The van der Waals surface area contributed by atoms with Gasteiger partial charge >= 0.3 is 12.1 Å². The number of halogens is 4. The van der Waals surface area contributed by atoms with Crippen LogP contribution < -0.4 is 14.9 Å². The standard InChI is InChI=1S/C20H14BrF3O6/c1-2-27-16(25)10-28-11-7-8-12-15(9-11)30-19(20(22,23)24)18(17(12)26)29-14-6-4-3-5-13(14)21/h3-9H,2,10H2,1H3. The van der Waals surface area contributed by atoms with Crippen LogP contribution in [0.25, 0.3) is 11.0 Å². The normalized spacial score (nSPS) is 11.4. The Labute approximate surface area is 176 Å². The summed E-state index contributed by atoms with van der Waals surface area (Å²) in [7, 11) is 0. The zero-order valence-electron chi connectivity index (χ0n) is 15.4. The fourth-order valence-electron chi connectivity index (χ4n) is 2.51. The Morgan fingerprint density at radius 2 is 1.90 bits per heavy atom. The van der Waals surface area contributed by atoms with Crippen LogP contribution in [0.2, 0.25) is 0 Å². The van der Waals surface area contributed by atoms with Gasteiger partial charge in [0.25, 0.3) is 5.76 Å². The van der Waals surface area contributed by atoms with E-state index in [1.807, 2.05) is 0 Å². The second-order valence-electron chi connectivity index (χ2n) is 5.87. The van der Waals surface area contributed by atoms with E-state index in [1.165, 1.54) is 18.2 Å². The van der Waals surface area contributed by atoms with Crippen molar-refractivity contribution >= 4 is 32.9 Å². The molecule has 0 radical (unpaired) electrons. The molecule has 158 valence electrons. The van der Waals surface area contributed by atoms with Gasteiger partial charge in [0.2, 0.25) is 11.2 Å². The van der Waals surface area contributed by atoms with Gasteiger partial charge in [0.15, 0.2) is 6.61 Å². The molecule has 0 N–H and O–H groups in total. The number of carbonyl (C=O) groups is 1. The maximum atomic E-state index is 13.6. The third-order valence-corrected chi connectivity index (χ3v) is 4.45. The highest BCUT2D eigenvalue weighted by Crippen LogP contribution is 2.39. The Kier molecular flexibility index (Phi) is 6.35. The molecule has 3 aromatic rings. The summed E-state index contributed by atoms with van der Waals surface area (Å²) >= 11 is 3.16. The van der Waals surface area contributed by atoms with Gasteiger partial charge in [-0.2, -0.15) is 13.2 Å². The predicted molar refractivity (Wildman–Crippen MR) is 104 cm³/mol. The minimum atomic E-state index is -4.99. The summed E-state index contributed by atoms with van der Waals surface area (Å²) in [6.07, 6.45) is -4.99. The molecule has 0 aliphatic heterocycles. The topological polar surface area (TPSA) is 75.0 Å². The first kappa shape index (κ1) is 21.7. The Balaban J connectivity index is 2.06. The van der Waals surface area contributed by atoms with Crippen LogP contribution in [0.15, 0.2) is 56.1 Å². The molecule has 0 unspecified atom stereocenters. The van der Waals surface area contributed by atoms with Crippen molar-refractivity contribution in [3.8, 4) is 17.2 Å². The van der Waals surface area contributed by atoms with Gasteiger partial charge in [-0.05, 0) is 47.1 Å². The lowest BCUT2D eigenvalue weighted by Crippen LogP contribution is -2.16. The fraction of sp³-hybridized carbons (Fsp3) is 0.200. The minimum Gasteiger partial charge on any atom is -0.482 e. The van der Waals surface area contributed by atoms with Gasteiger partial charge in [0.05, 0.1) is 16.5 Å². The van der Waals surface area contributed by atoms with Crippen LogP contribution in [-0.2, 0) is 15.7 Å². The van der Waals surface area contributed by atoms with E-state index in [2.05, 4.69) is 15.9 Å². The first-order chi connectivity index (χ1) is 14.2. The largest absolute Gasteiger partial charge is 0.482 e. The van der Waals surface area contributed by atoms with Crippen molar-refractivity contribution in [2.24, 2.45) is 0 Å². The van der Waals surface area contributed by atoms with Gasteiger partial charge < -0.3 is 18.6 Å². The summed E-state index contributed by atoms with van der Waals surface area (Å²) in [5, 5.41) is -0.145. The van der Waals surface area contributed by atoms with Gasteiger partial charge in [-0.1, -0.05) is 12.1 Å². The highest BCUT2D eigenvalue weighted by atomic mass is 79.9. The number of benzene rings is 2. The SMILES string of the molecule is CCOC(=O)COc1ccc2c(=O)c(Oc3ccccc3Br)c(C(F)(F)F)oc2c1. The molecule has 0 atom stereocenters. The van der Waals surface area contributed by atoms with Gasteiger partial charge in [-0.15, -0.1) is 0 Å². The minimum absolute atomic E-state index is 0.0176. The monoisotopic (exact) mass is 486 g/mol. The predicted octanol–water partition coefficient (Wildman–Crippen LogP) is 5.31. The summed E-state index contributed by atoms with van der Waals surface area (Å²) in [6.45, 7) is 1.33. The van der Waals surface area contributed by atoms with Crippen LogP contribution in [0, 0.1) is 0 Å². The first-order valence-corrected chi connectivity index (χ1v) is 9.39. The maximum absolute atomic E-state index is 13.6. The molecule has 1 aromatic heterocycles. The van der Waals surface area contributed by atoms with Crippen molar-refractivity contribution in [3.63, 3.8) is 0 Å². The summed E-state index contributed by atoms with van der Waals surface area (Å²) < 4.78 is 61.3. The lowest BCUT2D eigenvalue weighted by Gasteiger charge is -2.14. The number of para-hydroxylation sites is 1. The second kappa shape index (κ2) is 8.78.